The molecule has 0 spiro atoms. The van der Waals surface area contributed by atoms with Crippen molar-refractivity contribution >= 4 is 34.7 Å². The predicted octanol–water partition coefficient (Wildman–Crippen LogP) is 6.69. The molecule has 0 aliphatic heterocycles. The zero-order valence-corrected chi connectivity index (χ0v) is 13.8. The minimum Gasteiger partial charge on any atom is -0.204 e. The average Bonchev–Trinajstić information content (AvgIpc) is 2.59. The Morgan fingerprint density at radius 3 is 1.62 bits per heavy atom. The summed E-state index contributed by atoms with van der Waals surface area (Å²) in [6, 6.07) is 17.3. The summed E-state index contributed by atoms with van der Waals surface area (Å²) >= 11 is 10.3. The van der Waals surface area contributed by atoms with Crippen molar-refractivity contribution in [2.75, 3.05) is 0 Å². The predicted molar refractivity (Wildman–Crippen MR) is 96.9 cm³/mol. The summed E-state index contributed by atoms with van der Waals surface area (Å²) < 4.78 is 27.9. The first-order valence-corrected chi connectivity index (χ1v) is 7.80. The Morgan fingerprint density at radius 1 is 0.750 bits per heavy atom. The highest BCUT2D eigenvalue weighted by Gasteiger charge is 2.11. The van der Waals surface area contributed by atoms with Gasteiger partial charge >= 0.3 is 0 Å². The van der Waals surface area contributed by atoms with Crippen LogP contribution >= 0.6 is 23.8 Å². The van der Waals surface area contributed by atoms with E-state index in [0.717, 1.165) is 11.1 Å². The van der Waals surface area contributed by atoms with Crippen molar-refractivity contribution in [2.24, 2.45) is 4.99 Å². The van der Waals surface area contributed by atoms with Crippen LogP contribution in [0.1, 0.15) is 0 Å². The second-order valence-corrected chi connectivity index (χ2v) is 5.69. The van der Waals surface area contributed by atoms with Crippen molar-refractivity contribution in [3.05, 3.63) is 77.3 Å². The lowest BCUT2D eigenvalue weighted by atomic mass is 10.00. The zero-order chi connectivity index (χ0) is 17.1. The molecule has 5 heteroatoms. The molecule has 3 aromatic rings. The fourth-order valence-electron chi connectivity index (χ4n) is 2.38. The van der Waals surface area contributed by atoms with Gasteiger partial charge in [0, 0.05) is 5.02 Å². The van der Waals surface area contributed by atoms with E-state index in [1.807, 2.05) is 41.6 Å². The molecular weight excluding hydrogens is 348 g/mol. The van der Waals surface area contributed by atoms with Crippen LogP contribution in [0.15, 0.2) is 65.7 Å². The van der Waals surface area contributed by atoms with Gasteiger partial charge in [-0.25, -0.2) is 8.78 Å². The van der Waals surface area contributed by atoms with Gasteiger partial charge in [0.1, 0.15) is 5.69 Å². The van der Waals surface area contributed by atoms with Crippen LogP contribution < -0.4 is 0 Å². The molecule has 0 aromatic heterocycles. The number of benzene rings is 3. The molecule has 3 rings (SSSR count). The maximum absolute atomic E-state index is 13.9. The molecule has 1 nitrogen and oxygen atoms in total. The smallest absolute Gasteiger partial charge is 0.153 e. The number of hydrogen-bond donors (Lipinski definition) is 0. The molecule has 0 amide bonds. The van der Waals surface area contributed by atoms with Gasteiger partial charge in [0.25, 0.3) is 0 Å². The minimum absolute atomic E-state index is 0.425. The van der Waals surface area contributed by atoms with Gasteiger partial charge in [-0.15, -0.1) is 0 Å². The molecular formula is C19H10ClF2NS. The summed E-state index contributed by atoms with van der Waals surface area (Å²) in [5, 5.41) is 2.64. The Bertz CT molecular complexity index is 908. The lowest BCUT2D eigenvalue weighted by molar-refractivity contribution is 0.588. The van der Waals surface area contributed by atoms with Gasteiger partial charge in [0.15, 0.2) is 11.6 Å². The van der Waals surface area contributed by atoms with E-state index in [2.05, 4.69) is 17.2 Å². The van der Waals surface area contributed by atoms with Gasteiger partial charge in [-0.05, 0) is 58.7 Å². The molecule has 0 unspecified atom stereocenters. The van der Waals surface area contributed by atoms with Gasteiger partial charge in [0.2, 0.25) is 0 Å². The SMILES string of the molecule is Fc1cc(-c2ccc(-c3ccc(Cl)cc3)cc2)cc(F)c1N=C=S. The first kappa shape index (κ1) is 16.5. The van der Waals surface area contributed by atoms with Crippen LogP contribution in [0.3, 0.4) is 0 Å². The molecule has 0 fully saturated rings. The lowest BCUT2D eigenvalue weighted by Gasteiger charge is -2.07. The van der Waals surface area contributed by atoms with Crippen molar-refractivity contribution < 1.29 is 8.78 Å². The Kier molecular flexibility index (Phi) is 4.81. The third-order valence-electron chi connectivity index (χ3n) is 3.57. The van der Waals surface area contributed by atoms with E-state index in [0.29, 0.717) is 16.1 Å². The van der Waals surface area contributed by atoms with Crippen molar-refractivity contribution in [1.29, 1.82) is 0 Å². The van der Waals surface area contributed by atoms with Crippen LogP contribution in [0.25, 0.3) is 22.3 Å². The van der Waals surface area contributed by atoms with Crippen molar-refractivity contribution in [3.8, 4) is 22.3 Å². The van der Waals surface area contributed by atoms with Crippen LogP contribution in [-0.2, 0) is 0 Å². The number of nitrogens with zero attached hydrogens (tertiary/aromatic N) is 1. The van der Waals surface area contributed by atoms with Crippen molar-refractivity contribution in [2.45, 2.75) is 0 Å². The number of aliphatic imine (C=N–C) groups is 1. The standard InChI is InChI=1S/C19H10ClF2NS/c20-16-7-5-13(6-8-16)12-1-3-14(4-2-12)15-9-17(21)19(23-11-24)18(22)10-15/h1-10H. The molecule has 0 heterocycles. The number of halogens is 3. The highest BCUT2D eigenvalue weighted by atomic mass is 35.5. The van der Waals surface area contributed by atoms with Crippen LogP contribution in [0.5, 0.6) is 0 Å². The summed E-state index contributed by atoms with van der Waals surface area (Å²) in [7, 11) is 0. The Hall–Kier alpha value is -2.39. The quantitative estimate of drug-likeness (QED) is 0.376. The topological polar surface area (TPSA) is 12.4 Å². The van der Waals surface area contributed by atoms with Gasteiger partial charge < -0.3 is 0 Å². The number of isothiocyanates is 1. The second-order valence-electron chi connectivity index (χ2n) is 5.08. The molecule has 24 heavy (non-hydrogen) atoms. The lowest BCUT2D eigenvalue weighted by Crippen LogP contribution is -1.87. The fraction of sp³-hybridized carbons (Fsp3) is 0. The van der Waals surface area contributed by atoms with E-state index in [1.54, 1.807) is 12.1 Å². The summed E-state index contributed by atoms with van der Waals surface area (Å²) in [6.07, 6.45) is 0. The second kappa shape index (κ2) is 7.02. The largest absolute Gasteiger partial charge is 0.204 e. The molecule has 118 valence electrons. The molecule has 0 aliphatic rings. The average molecular weight is 358 g/mol. The van der Waals surface area contributed by atoms with Gasteiger partial charge in [-0.1, -0.05) is 48.0 Å². The summed E-state index contributed by atoms with van der Waals surface area (Å²) in [5.41, 5.74) is 2.69. The van der Waals surface area contributed by atoms with E-state index < -0.39 is 17.3 Å². The van der Waals surface area contributed by atoms with Crippen LogP contribution in [0.4, 0.5) is 14.5 Å². The van der Waals surface area contributed by atoms with Crippen LogP contribution in [0, 0.1) is 11.6 Å². The maximum Gasteiger partial charge on any atom is 0.153 e. The number of thiocarbonyl (C=S) groups is 1. The Morgan fingerprint density at radius 2 is 1.17 bits per heavy atom. The van der Waals surface area contributed by atoms with E-state index in [1.165, 1.54) is 12.1 Å². The molecule has 0 aliphatic carbocycles. The number of hydrogen-bond acceptors (Lipinski definition) is 2. The first-order chi connectivity index (χ1) is 11.6. The Balaban J connectivity index is 1.96. The van der Waals surface area contributed by atoms with Crippen molar-refractivity contribution in [1.82, 2.24) is 0 Å². The zero-order valence-electron chi connectivity index (χ0n) is 12.3. The van der Waals surface area contributed by atoms with Crippen LogP contribution in [0.2, 0.25) is 5.02 Å². The van der Waals surface area contributed by atoms with E-state index in [4.69, 9.17) is 11.6 Å². The summed E-state index contributed by atoms with van der Waals surface area (Å²) in [5.74, 6) is -1.55. The highest BCUT2D eigenvalue weighted by molar-refractivity contribution is 7.78. The molecule has 0 atom stereocenters. The first-order valence-electron chi connectivity index (χ1n) is 7.02. The van der Waals surface area contributed by atoms with Gasteiger partial charge in [-0.2, -0.15) is 4.99 Å². The van der Waals surface area contributed by atoms with Gasteiger partial charge in [-0.3, -0.25) is 0 Å². The van der Waals surface area contributed by atoms with Crippen molar-refractivity contribution in [3.63, 3.8) is 0 Å². The summed E-state index contributed by atoms with van der Waals surface area (Å²) in [4.78, 5) is 3.41. The third kappa shape index (κ3) is 3.41. The van der Waals surface area contributed by atoms with Crippen LogP contribution in [-0.4, -0.2) is 5.16 Å². The molecule has 0 saturated carbocycles. The van der Waals surface area contributed by atoms with E-state index >= 15 is 0 Å². The molecule has 0 saturated heterocycles. The normalized spacial score (nSPS) is 10.3. The monoisotopic (exact) mass is 357 g/mol. The maximum atomic E-state index is 13.9. The third-order valence-corrected chi connectivity index (χ3v) is 3.91. The number of rotatable bonds is 3. The molecule has 0 N–H and O–H groups in total. The van der Waals surface area contributed by atoms with E-state index in [-0.39, 0.29) is 0 Å². The highest BCUT2D eigenvalue weighted by Crippen LogP contribution is 2.30. The minimum atomic E-state index is -0.774. The fourth-order valence-corrected chi connectivity index (χ4v) is 2.60. The van der Waals surface area contributed by atoms with E-state index in [9.17, 15) is 8.78 Å². The molecule has 0 bridgehead atoms. The summed E-state index contributed by atoms with van der Waals surface area (Å²) in [6.45, 7) is 0. The van der Waals surface area contributed by atoms with Gasteiger partial charge in [0.05, 0.1) is 5.16 Å². The molecule has 0 radical (unpaired) electrons. The molecule has 3 aromatic carbocycles. The Labute approximate surface area is 148 Å².